The van der Waals surface area contributed by atoms with Crippen LogP contribution in [0.5, 0.6) is 0 Å². The molecule has 6 nitrogen and oxygen atoms in total. The number of benzene rings is 1. The minimum absolute atomic E-state index is 0.199. The lowest BCUT2D eigenvalue weighted by Crippen LogP contribution is -2.15. The van der Waals surface area contributed by atoms with Crippen molar-refractivity contribution in [3.05, 3.63) is 36.7 Å². The molecule has 0 spiro atoms. The van der Waals surface area contributed by atoms with Crippen LogP contribution in [0.4, 0.5) is 11.4 Å². The lowest BCUT2D eigenvalue weighted by molar-refractivity contribution is 0.420. The first-order valence-corrected chi connectivity index (χ1v) is 7.37. The van der Waals surface area contributed by atoms with E-state index >= 15 is 0 Å². The van der Waals surface area contributed by atoms with E-state index in [0.717, 1.165) is 6.42 Å². The lowest BCUT2D eigenvalue weighted by atomic mass is 10.3. The van der Waals surface area contributed by atoms with Crippen molar-refractivity contribution in [1.82, 2.24) is 5.16 Å². The van der Waals surface area contributed by atoms with Crippen LogP contribution >= 0.6 is 0 Å². The number of anilines is 2. The van der Waals surface area contributed by atoms with E-state index in [1.54, 1.807) is 24.3 Å². The van der Waals surface area contributed by atoms with Gasteiger partial charge in [-0.2, -0.15) is 0 Å². The van der Waals surface area contributed by atoms with Gasteiger partial charge in [-0.25, -0.2) is 8.42 Å². The molecule has 0 amide bonds. The number of sulfonamides is 1. The normalized spacial score (nSPS) is 11.2. The van der Waals surface area contributed by atoms with Gasteiger partial charge in [-0.05, 0) is 18.6 Å². The third-order valence-electron chi connectivity index (χ3n) is 2.43. The second-order valence-electron chi connectivity index (χ2n) is 3.94. The predicted molar refractivity (Wildman–Crippen MR) is 72.5 cm³/mol. The van der Waals surface area contributed by atoms with Gasteiger partial charge >= 0.3 is 0 Å². The van der Waals surface area contributed by atoms with Crippen LogP contribution in [0.3, 0.4) is 0 Å². The fourth-order valence-electron chi connectivity index (χ4n) is 1.57. The van der Waals surface area contributed by atoms with Crippen molar-refractivity contribution >= 4 is 21.4 Å². The van der Waals surface area contributed by atoms with Gasteiger partial charge in [0.25, 0.3) is 10.0 Å². The van der Waals surface area contributed by atoms with Crippen molar-refractivity contribution in [2.45, 2.75) is 18.2 Å². The van der Waals surface area contributed by atoms with E-state index in [0.29, 0.717) is 17.9 Å². The maximum absolute atomic E-state index is 12.3. The van der Waals surface area contributed by atoms with Gasteiger partial charge < -0.3 is 9.84 Å². The molecular weight excluding hydrogens is 266 g/mol. The van der Waals surface area contributed by atoms with Crippen LogP contribution in [-0.4, -0.2) is 20.1 Å². The molecule has 1 aromatic heterocycles. The number of hydrogen-bond acceptors (Lipinski definition) is 5. The van der Waals surface area contributed by atoms with E-state index in [1.165, 1.54) is 12.5 Å². The Balaban J connectivity index is 2.29. The summed E-state index contributed by atoms with van der Waals surface area (Å²) in [7, 11) is -3.66. The monoisotopic (exact) mass is 281 g/mol. The summed E-state index contributed by atoms with van der Waals surface area (Å²) < 4.78 is 31.5. The molecule has 0 bridgehead atoms. The van der Waals surface area contributed by atoms with Crippen LogP contribution in [-0.2, 0) is 10.0 Å². The third kappa shape index (κ3) is 3.25. The summed E-state index contributed by atoms with van der Waals surface area (Å²) >= 11 is 0. The molecule has 0 atom stereocenters. The SMILES string of the molecule is CCCNc1ccccc1S(=O)(=O)Nc1cnoc1. The molecule has 0 saturated carbocycles. The molecule has 0 aliphatic carbocycles. The molecule has 0 saturated heterocycles. The molecule has 7 heteroatoms. The predicted octanol–water partition coefficient (Wildman–Crippen LogP) is 2.30. The first kappa shape index (κ1) is 13.4. The standard InChI is InChI=1S/C12H15N3O3S/c1-2-7-13-11-5-3-4-6-12(11)19(16,17)15-10-8-14-18-9-10/h3-6,8-9,13,15H,2,7H2,1H3. The van der Waals surface area contributed by atoms with E-state index in [2.05, 4.69) is 19.7 Å². The van der Waals surface area contributed by atoms with Crippen molar-refractivity contribution in [3.8, 4) is 0 Å². The zero-order valence-corrected chi connectivity index (χ0v) is 11.3. The molecule has 2 rings (SSSR count). The largest absolute Gasteiger partial charge is 0.384 e. The topological polar surface area (TPSA) is 84.2 Å². The summed E-state index contributed by atoms with van der Waals surface area (Å²) in [5, 5.41) is 6.54. The van der Waals surface area contributed by atoms with Crippen LogP contribution in [0.25, 0.3) is 0 Å². The highest BCUT2D eigenvalue weighted by molar-refractivity contribution is 7.92. The Morgan fingerprint density at radius 3 is 2.79 bits per heavy atom. The Kier molecular flexibility index (Phi) is 4.06. The van der Waals surface area contributed by atoms with Crippen molar-refractivity contribution in [2.24, 2.45) is 0 Å². The molecule has 102 valence electrons. The average Bonchev–Trinajstić information content (AvgIpc) is 2.88. The van der Waals surface area contributed by atoms with E-state index in [4.69, 9.17) is 0 Å². The maximum atomic E-state index is 12.3. The number of rotatable bonds is 6. The van der Waals surface area contributed by atoms with Gasteiger partial charge in [0.15, 0.2) is 0 Å². The number of hydrogen-bond donors (Lipinski definition) is 2. The second kappa shape index (κ2) is 5.75. The van der Waals surface area contributed by atoms with Crippen molar-refractivity contribution in [1.29, 1.82) is 0 Å². The molecule has 0 aliphatic heterocycles. The quantitative estimate of drug-likeness (QED) is 0.848. The number of nitrogens with zero attached hydrogens (tertiary/aromatic N) is 1. The molecule has 0 fully saturated rings. The van der Waals surface area contributed by atoms with Gasteiger partial charge in [0.05, 0.1) is 11.9 Å². The van der Waals surface area contributed by atoms with Crippen LogP contribution in [0, 0.1) is 0 Å². The zero-order valence-electron chi connectivity index (χ0n) is 10.5. The van der Waals surface area contributed by atoms with Crippen LogP contribution in [0.15, 0.2) is 46.1 Å². The maximum Gasteiger partial charge on any atom is 0.264 e. The van der Waals surface area contributed by atoms with Crippen molar-refractivity contribution in [2.75, 3.05) is 16.6 Å². The number of para-hydroxylation sites is 1. The highest BCUT2D eigenvalue weighted by atomic mass is 32.2. The minimum atomic E-state index is -3.66. The highest BCUT2D eigenvalue weighted by Crippen LogP contribution is 2.23. The molecule has 19 heavy (non-hydrogen) atoms. The summed E-state index contributed by atoms with van der Waals surface area (Å²) in [4.78, 5) is 0.199. The first-order valence-electron chi connectivity index (χ1n) is 5.88. The lowest BCUT2D eigenvalue weighted by Gasteiger charge is -2.12. The Morgan fingerprint density at radius 1 is 1.32 bits per heavy atom. The summed E-state index contributed by atoms with van der Waals surface area (Å²) in [5.74, 6) is 0. The molecule has 0 unspecified atom stereocenters. The van der Waals surface area contributed by atoms with Crippen molar-refractivity contribution < 1.29 is 12.9 Å². The summed E-state index contributed by atoms with van der Waals surface area (Å²) in [6.07, 6.45) is 3.45. The van der Waals surface area contributed by atoms with Crippen molar-refractivity contribution in [3.63, 3.8) is 0 Å². The van der Waals surface area contributed by atoms with Crippen LogP contribution in [0.1, 0.15) is 13.3 Å². The number of nitrogens with one attached hydrogen (secondary N) is 2. The van der Waals surface area contributed by atoms with Gasteiger partial charge in [0.1, 0.15) is 16.8 Å². The highest BCUT2D eigenvalue weighted by Gasteiger charge is 2.18. The molecule has 0 radical (unpaired) electrons. The second-order valence-corrected chi connectivity index (χ2v) is 5.59. The van der Waals surface area contributed by atoms with Gasteiger partial charge in [0, 0.05) is 6.54 Å². The van der Waals surface area contributed by atoms with Crippen LogP contribution in [0.2, 0.25) is 0 Å². The van der Waals surface area contributed by atoms with Gasteiger partial charge in [0.2, 0.25) is 0 Å². The summed E-state index contributed by atoms with van der Waals surface area (Å²) in [5.41, 5.74) is 0.874. The molecule has 1 aromatic carbocycles. The molecule has 2 aromatic rings. The summed E-state index contributed by atoms with van der Waals surface area (Å²) in [6, 6.07) is 6.75. The molecule has 2 N–H and O–H groups in total. The minimum Gasteiger partial charge on any atom is -0.384 e. The summed E-state index contributed by atoms with van der Waals surface area (Å²) in [6.45, 7) is 2.72. The average molecular weight is 281 g/mol. The molecule has 1 heterocycles. The zero-order chi connectivity index (χ0) is 13.7. The fraction of sp³-hybridized carbons (Fsp3) is 0.250. The fourth-order valence-corrected chi connectivity index (χ4v) is 2.78. The first-order chi connectivity index (χ1) is 9.13. The van der Waals surface area contributed by atoms with E-state index < -0.39 is 10.0 Å². The Labute approximate surface area is 111 Å². The van der Waals surface area contributed by atoms with Gasteiger partial charge in [-0.15, -0.1) is 0 Å². The van der Waals surface area contributed by atoms with Crippen LogP contribution < -0.4 is 10.0 Å². The molecule has 0 aliphatic rings. The Morgan fingerprint density at radius 2 is 2.11 bits per heavy atom. The van der Waals surface area contributed by atoms with Gasteiger partial charge in [-0.3, -0.25) is 4.72 Å². The third-order valence-corrected chi connectivity index (χ3v) is 3.87. The smallest absolute Gasteiger partial charge is 0.264 e. The van der Waals surface area contributed by atoms with Gasteiger partial charge in [-0.1, -0.05) is 24.2 Å². The molecular formula is C12H15N3O3S. The van der Waals surface area contributed by atoms with E-state index in [9.17, 15) is 8.42 Å². The number of aromatic nitrogens is 1. The van der Waals surface area contributed by atoms with E-state index in [-0.39, 0.29) is 4.90 Å². The Hall–Kier alpha value is -2.02. The Bertz CT molecular complexity index is 623. The van der Waals surface area contributed by atoms with E-state index in [1.807, 2.05) is 6.92 Å².